The van der Waals surface area contributed by atoms with Gasteiger partial charge in [-0.1, -0.05) is 6.07 Å². The van der Waals surface area contributed by atoms with Gasteiger partial charge in [0.2, 0.25) is 0 Å². The Hall–Kier alpha value is -3.13. The van der Waals surface area contributed by atoms with Crippen LogP contribution in [0.25, 0.3) is 22.0 Å². The molecule has 3 heterocycles. The monoisotopic (exact) mass is 302 g/mol. The van der Waals surface area contributed by atoms with Crippen LogP contribution in [0.5, 0.6) is 5.75 Å². The maximum absolute atomic E-state index is 10.6. The van der Waals surface area contributed by atoms with Gasteiger partial charge in [0, 0.05) is 48.2 Å². The molecular formula is C18H14N4O. The lowest BCUT2D eigenvalue weighted by Gasteiger charge is -2.10. The van der Waals surface area contributed by atoms with E-state index in [2.05, 4.69) is 20.6 Å². The van der Waals surface area contributed by atoms with E-state index in [1.54, 1.807) is 24.7 Å². The van der Waals surface area contributed by atoms with Crippen LogP contribution in [0, 0.1) is 11.3 Å². The average molecular weight is 302 g/mol. The second kappa shape index (κ2) is 5.25. The molecule has 0 saturated heterocycles. The van der Waals surface area contributed by atoms with Gasteiger partial charge in [-0.15, -0.1) is 0 Å². The smallest absolute Gasteiger partial charge is 0.150 e. The van der Waals surface area contributed by atoms with E-state index in [1.807, 2.05) is 18.2 Å². The zero-order valence-corrected chi connectivity index (χ0v) is 12.4. The Kier molecular flexibility index (Phi) is 3.09. The van der Waals surface area contributed by atoms with Crippen molar-refractivity contribution in [3.05, 3.63) is 47.9 Å². The second-order valence-corrected chi connectivity index (χ2v) is 5.55. The first-order chi connectivity index (χ1) is 11.3. The first-order valence-electron chi connectivity index (χ1n) is 7.49. The highest BCUT2D eigenvalue weighted by molar-refractivity contribution is 6.04. The minimum Gasteiger partial charge on any atom is -0.505 e. The number of nitriles is 1. The Balaban J connectivity index is 2.14. The number of aryl methyl sites for hydroxylation is 1. The van der Waals surface area contributed by atoms with Crippen molar-refractivity contribution in [3.63, 3.8) is 0 Å². The first-order valence-corrected chi connectivity index (χ1v) is 7.49. The van der Waals surface area contributed by atoms with E-state index < -0.39 is 0 Å². The summed E-state index contributed by atoms with van der Waals surface area (Å²) >= 11 is 0. The summed E-state index contributed by atoms with van der Waals surface area (Å²) in [7, 11) is 0. The normalized spacial score (nSPS) is 13.5. The molecule has 0 fully saturated rings. The number of aromatic hydroxyl groups is 1. The highest BCUT2D eigenvalue weighted by Crippen LogP contribution is 2.39. The molecule has 23 heavy (non-hydrogen) atoms. The molecule has 1 aliphatic rings. The molecule has 3 aromatic rings. The Morgan fingerprint density at radius 3 is 3.00 bits per heavy atom. The summed E-state index contributed by atoms with van der Waals surface area (Å²) in [5, 5.41) is 20.6. The van der Waals surface area contributed by atoms with Gasteiger partial charge in [-0.3, -0.25) is 9.98 Å². The lowest BCUT2D eigenvalue weighted by molar-refractivity contribution is 0.477. The fraction of sp³-hybridized carbons (Fsp3) is 0.167. The molecule has 112 valence electrons. The number of hydrogen-bond donors (Lipinski definition) is 1. The summed E-state index contributed by atoms with van der Waals surface area (Å²) in [6, 6.07) is 9.60. The van der Waals surface area contributed by atoms with Gasteiger partial charge in [-0.05, 0) is 24.6 Å². The number of benzene rings is 1. The van der Waals surface area contributed by atoms with Crippen molar-refractivity contribution in [1.29, 1.82) is 5.26 Å². The third kappa shape index (κ3) is 2.08. The van der Waals surface area contributed by atoms with Gasteiger partial charge in [0.25, 0.3) is 0 Å². The van der Waals surface area contributed by atoms with Crippen molar-refractivity contribution in [3.8, 4) is 22.9 Å². The molecule has 0 radical (unpaired) electrons. The molecule has 0 atom stereocenters. The van der Waals surface area contributed by atoms with E-state index in [1.165, 1.54) is 0 Å². The Morgan fingerprint density at radius 2 is 2.22 bits per heavy atom. The average Bonchev–Trinajstić information content (AvgIpc) is 2.77. The van der Waals surface area contributed by atoms with Gasteiger partial charge in [-0.25, -0.2) is 0 Å². The van der Waals surface area contributed by atoms with Gasteiger partial charge in [0.05, 0.1) is 17.1 Å². The molecule has 0 amide bonds. The van der Waals surface area contributed by atoms with Gasteiger partial charge in [0.15, 0.2) is 0 Å². The predicted octanol–water partition coefficient (Wildman–Crippen LogP) is 3.10. The predicted molar refractivity (Wildman–Crippen MR) is 88.6 cm³/mol. The fourth-order valence-corrected chi connectivity index (χ4v) is 3.13. The van der Waals surface area contributed by atoms with Gasteiger partial charge >= 0.3 is 0 Å². The van der Waals surface area contributed by atoms with Crippen molar-refractivity contribution in [1.82, 2.24) is 9.55 Å². The van der Waals surface area contributed by atoms with E-state index in [0.29, 0.717) is 16.6 Å². The van der Waals surface area contributed by atoms with E-state index in [4.69, 9.17) is 0 Å². The van der Waals surface area contributed by atoms with Gasteiger partial charge in [-0.2, -0.15) is 5.26 Å². The number of pyridine rings is 1. The van der Waals surface area contributed by atoms with Crippen LogP contribution in [0.1, 0.15) is 17.7 Å². The zero-order chi connectivity index (χ0) is 15.8. The van der Waals surface area contributed by atoms with Crippen LogP contribution in [0.3, 0.4) is 0 Å². The molecule has 5 nitrogen and oxygen atoms in total. The Bertz CT molecular complexity index is 964. The largest absolute Gasteiger partial charge is 0.505 e. The molecule has 4 rings (SSSR count). The minimum absolute atomic E-state index is 0.188. The minimum atomic E-state index is 0.188. The summed E-state index contributed by atoms with van der Waals surface area (Å²) < 4.78 is 2.09. The van der Waals surface area contributed by atoms with E-state index in [0.717, 1.165) is 36.2 Å². The fourth-order valence-electron chi connectivity index (χ4n) is 3.13. The number of aromatic nitrogens is 2. The lowest BCUT2D eigenvalue weighted by atomic mass is 10.0. The molecule has 2 aromatic heterocycles. The molecule has 0 unspecified atom stereocenters. The Labute approximate surface area is 133 Å². The van der Waals surface area contributed by atoms with Crippen LogP contribution < -0.4 is 0 Å². The summed E-state index contributed by atoms with van der Waals surface area (Å²) in [5.41, 5.74) is 3.99. The zero-order valence-electron chi connectivity index (χ0n) is 12.4. The van der Waals surface area contributed by atoms with Crippen molar-refractivity contribution in [2.75, 3.05) is 6.54 Å². The molecule has 1 aromatic carbocycles. The summed E-state index contributed by atoms with van der Waals surface area (Å²) in [6.07, 6.45) is 6.13. The number of aliphatic imine (C=N–C) groups is 1. The van der Waals surface area contributed by atoms with Gasteiger partial charge in [0.1, 0.15) is 11.4 Å². The van der Waals surface area contributed by atoms with Crippen molar-refractivity contribution < 1.29 is 5.11 Å². The highest BCUT2D eigenvalue weighted by Gasteiger charge is 2.21. The molecule has 0 aliphatic carbocycles. The van der Waals surface area contributed by atoms with Crippen molar-refractivity contribution in [2.45, 2.75) is 13.0 Å². The number of fused-ring (bicyclic) bond motifs is 3. The molecule has 1 N–H and O–H groups in total. The number of rotatable bonds is 1. The van der Waals surface area contributed by atoms with E-state index in [-0.39, 0.29) is 5.75 Å². The van der Waals surface area contributed by atoms with Crippen molar-refractivity contribution in [2.24, 2.45) is 4.99 Å². The second-order valence-electron chi connectivity index (χ2n) is 5.55. The number of nitrogens with zero attached hydrogens (tertiary/aromatic N) is 4. The third-order valence-electron chi connectivity index (χ3n) is 4.15. The third-order valence-corrected chi connectivity index (χ3v) is 4.15. The van der Waals surface area contributed by atoms with Crippen LogP contribution in [0.15, 0.2) is 41.7 Å². The van der Waals surface area contributed by atoms with Crippen LogP contribution in [0.4, 0.5) is 0 Å². The van der Waals surface area contributed by atoms with Gasteiger partial charge < -0.3 is 9.67 Å². The van der Waals surface area contributed by atoms with Crippen LogP contribution in [-0.4, -0.2) is 27.4 Å². The lowest BCUT2D eigenvalue weighted by Crippen LogP contribution is -2.02. The molecule has 5 heteroatoms. The summed E-state index contributed by atoms with van der Waals surface area (Å²) in [4.78, 5) is 8.51. The quantitative estimate of drug-likeness (QED) is 0.750. The molecule has 1 aliphatic heterocycles. The SMILES string of the molecule is N#Cc1cc(-c2cccnc2)c2c(c1)c(O)c1n2CCCN=C1. The van der Waals surface area contributed by atoms with Crippen LogP contribution in [-0.2, 0) is 6.54 Å². The van der Waals surface area contributed by atoms with Crippen LogP contribution in [0.2, 0.25) is 0 Å². The molecular weight excluding hydrogens is 288 g/mol. The van der Waals surface area contributed by atoms with E-state index >= 15 is 0 Å². The maximum Gasteiger partial charge on any atom is 0.150 e. The maximum atomic E-state index is 10.6. The summed E-state index contributed by atoms with van der Waals surface area (Å²) in [6.45, 7) is 1.53. The summed E-state index contributed by atoms with van der Waals surface area (Å²) in [5.74, 6) is 0.188. The molecule has 0 spiro atoms. The van der Waals surface area contributed by atoms with Crippen LogP contribution >= 0.6 is 0 Å². The molecule has 0 saturated carbocycles. The standard InChI is InChI=1S/C18H14N4O/c19-9-12-7-14(13-3-1-4-20-10-13)17-15(8-12)18(23)16-11-21-5-2-6-22(16)17/h1,3-4,7-8,10-11,23H,2,5-6H2. The van der Waals surface area contributed by atoms with E-state index in [9.17, 15) is 10.4 Å². The number of hydrogen-bond acceptors (Lipinski definition) is 4. The topological polar surface area (TPSA) is 74.2 Å². The van der Waals surface area contributed by atoms with Crippen molar-refractivity contribution >= 4 is 17.1 Å². The first kappa shape index (κ1) is 13.5. The molecule has 0 bridgehead atoms. The Morgan fingerprint density at radius 1 is 1.30 bits per heavy atom. The highest BCUT2D eigenvalue weighted by atomic mass is 16.3.